The molecule has 0 spiro atoms. The second-order valence-corrected chi connectivity index (χ2v) is 5.97. The Morgan fingerprint density at radius 1 is 1.58 bits per heavy atom. The van der Waals surface area contributed by atoms with Crippen LogP contribution in [0.1, 0.15) is 13.3 Å². The van der Waals surface area contributed by atoms with Gasteiger partial charge in [0.2, 0.25) is 0 Å². The first-order valence-electron chi connectivity index (χ1n) is 5.90. The lowest BCUT2D eigenvalue weighted by molar-refractivity contribution is 0.249. The average Bonchev–Trinajstić information content (AvgIpc) is 2.34. The molecule has 0 saturated heterocycles. The monoisotopic (exact) mass is 347 g/mol. The van der Waals surface area contributed by atoms with Crippen molar-refractivity contribution in [2.45, 2.75) is 19.4 Å². The number of rotatable bonds is 5. The SMILES string of the molecule is CC[C@H](CSC)NC(=O)Nc1cc(Br)cn(C)c1=O. The quantitative estimate of drug-likeness (QED) is 0.859. The molecule has 7 heteroatoms. The van der Waals surface area contributed by atoms with Crippen LogP contribution < -0.4 is 16.2 Å². The standard InChI is InChI=1S/C12H18BrN3O2S/c1-4-9(7-19-3)14-12(18)15-10-5-8(13)6-16(2)11(10)17/h5-6,9H,4,7H2,1-3H3,(H2,14,15,18)/t9-/m1/s1. The average molecular weight is 348 g/mol. The van der Waals surface area contributed by atoms with Crippen molar-refractivity contribution >= 4 is 39.4 Å². The molecule has 1 rings (SSSR count). The van der Waals surface area contributed by atoms with Gasteiger partial charge in [0, 0.05) is 29.5 Å². The van der Waals surface area contributed by atoms with Crippen LogP contribution in [0.4, 0.5) is 10.5 Å². The van der Waals surface area contributed by atoms with Crippen LogP contribution in [0, 0.1) is 0 Å². The van der Waals surface area contributed by atoms with Gasteiger partial charge in [0.25, 0.3) is 5.56 Å². The lowest BCUT2D eigenvalue weighted by Gasteiger charge is -2.16. The minimum atomic E-state index is -0.351. The molecule has 1 heterocycles. The Morgan fingerprint density at radius 3 is 2.84 bits per heavy atom. The first kappa shape index (κ1) is 16.1. The van der Waals surface area contributed by atoms with Crippen molar-refractivity contribution in [3.8, 4) is 0 Å². The fourth-order valence-corrected chi connectivity index (χ4v) is 2.82. The zero-order valence-electron chi connectivity index (χ0n) is 11.2. The van der Waals surface area contributed by atoms with Gasteiger partial charge in [-0.05, 0) is 34.7 Å². The molecule has 1 aromatic rings. The number of aromatic nitrogens is 1. The van der Waals surface area contributed by atoms with E-state index in [1.807, 2.05) is 13.2 Å². The molecule has 0 saturated carbocycles. The summed E-state index contributed by atoms with van der Waals surface area (Å²) in [4.78, 5) is 23.7. The van der Waals surface area contributed by atoms with Crippen LogP contribution in [0.2, 0.25) is 0 Å². The Hall–Kier alpha value is -0.950. The molecular formula is C12H18BrN3O2S. The van der Waals surface area contributed by atoms with Gasteiger partial charge in [0.15, 0.2) is 0 Å². The van der Waals surface area contributed by atoms with E-state index < -0.39 is 0 Å². The zero-order chi connectivity index (χ0) is 14.4. The van der Waals surface area contributed by atoms with E-state index in [2.05, 4.69) is 26.6 Å². The first-order chi connectivity index (χ1) is 8.97. The number of urea groups is 1. The number of halogens is 1. The van der Waals surface area contributed by atoms with Crippen LogP contribution in [0.5, 0.6) is 0 Å². The predicted molar refractivity (Wildman–Crippen MR) is 84.0 cm³/mol. The van der Waals surface area contributed by atoms with Crippen LogP contribution in [-0.4, -0.2) is 28.6 Å². The topological polar surface area (TPSA) is 63.1 Å². The molecule has 2 amide bonds. The number of hydrogen-bond acceptors (Lipinski definition) is 3. The van der Waals surface area contributed by atoms with Crippen LogP contribution in [0.25, 0.3) is 0 Å². The summed E-state index contributed by atoms with van der Waals surface area (Å²) in [6.07, 6.45) is 4.49. The largest absolute Gasteiger partial charge is 0.334 e. The summed E-state index contributed by atoms with van der Waals surface area (Å²) in [5.74, 6) is 0.848. The van der Waals surface area contributed by atoms with Gasteiger partial charge in [-0.3, -0.25) is 4.79 Å². The first-order valence-corrected chi connectivity index (χ1v) is 8.09. The smallest absolute Gasteiger partial charge is 0.319 e. The van der Waals surface area contributed by atoms with E-state index in [0.717, 1.165) is 16.6 Å². The zero-order valence-corrected chi connectivity index (χ0v) is 13.6. The molecule has 2 N–H and O–H groups in total. The maximum atomic E-state index is 11.8. The summed E-state index contributed by atoms with van der Waals surface area (Å²) in [5.41, 5.74) is 0.0182. The number of thioether (sulfide) groups is 1. The van der Waals surface area contributed by atoms with Crippen molar-refractivity contribution in [2.24, 2.45) is 7.05 Å². The van der Waals surface area contributed by atoms with Gasteiger partial charge in [-0.2, -0.15) is 11.8 Å². The van der Waals surface area contributed by atoms with Gasteiger partial charge in [-0.15, -0.1) is 0 Å². The highest BCUT2D eigenvalue weighted by Gasteiger charge is 2.12. The number of nitrogens with one attached hydrogen (secondary N) is 2. The van der Waals surface area contributed by atoms with E-state index in [4.69, 9.17) is 0 Å². The Morgan fingerprint density at radius 2 is 2.26 bits per heavy atom. The molecule has 0 unspecified atom stereocenters. The van der Waals surface area contributed by atoms with Crippen molar-refractivity contribution in [1.29, 1.82) is 0 Å². The molecule has 0 bridgehead atoms. The second kappa shape index (κ2) is 7.59. The molecule has 19 heavy (non-hydrogen) atoms. The summed E-state index contributed by atoms with van der Waals surface area (Å²) in [7, 11) is 1.64. The number of amides is 2. The Bertz CT molecular complexity index is 504. The molecular weight excluding hydrogens is 330 g/mol. The number of anilines is 1. The molecule has 0 radical (unpaired) electrons. The van der Waals surface area contributed by atoms with Crippen LogP contribution in [0.3, 0.4) is 0 Å². The molecule has 0 aliphatic rings. The molecule has 106 valence electrons. The second-order valence-electron chi connectivity index (χ2n) is 4.15. The van der Waals surface area contributed by atoms with Crippen molar-refractivity contribution in [3.63, 3.8) is 0 Å². The molecule has 0 aliphatic carbocycles. The van der Waals surface area contributed by atoms with Gasteiger partial charge in [0.05, 0.1) is 0 Å². The molecule has 1 aromatic heterocycles. The number of hydrogen-bond donors (Lipinski definition) is 2. The lowest BCUT2D eigenvalue weighted by atomic mass is 10.3. The number of aryl methyl sites for hydroxylation is 1. The fourth-order valence-electron chi connectivity index (χ4n) is 1.57. The summed E-state index contributed by atoms with van der Waals surface area (Å²) >= 11 is 4.97. The van der Waals surface area contributed by atoms with Gasteiger partial charge in [0.1, 0.15) is 5.69 Å². The number of pyridine rings is 1. The molecule has 1 atom stereocenters. The third-order valence-corrected chi connectivity index (χ3v) is 3.76. The summed E-state index contributed by atoms with van der Waals surface area (Å²) in [6, 6.07) is 1.35. The van der Waals surface area contributed by atoms with Crippen LogP contribution >= 0.6 is 27.7 Å². The van der Waals surface area contributed by atoms with Crippen molar-refractivity contribution in [2.75, 3.05) is 17.3 Å². The van der Waals surface area contributed by atoms with Crippen molar-refractivity contribution in [3.05, 3.63) is 27.1 Å². The summed E-state index contributed by atoms with van der Waals surface area (Å²) in [5, 5.41) is 5.44. The lowest BCUT2D eigenvalue weighted by Crippen LogP contribution is -2.40. The fraction of sp³-hybridized carbons (Fsp3) is 0.500. The van der Waals surface area contributed by atoms with E-state index in [0.29, 0.717) is 0 Å². The van der Waals surface area contributed by atoms with Crippen molar-refractivity contribution < 1.29 is 4.79 Å². The van der Waals surface area contributed by atoms with E-state index in [1.54, 1.807) is 31.1 Å². The third-order valence-electron chi connectivity index (χ3n) is 2.59. The van der Waals surface area contributed by atoms with Crippen molar-refractivity contribution in [1.82, 2.24) is 9.88 Å². The number of carbonyl (C=O) groups is 1. The normalized spacial score (nSPS) is 12.0. The maximum Gasteiger partial charge on any atom is 0.319 e. The van der Waals surface area contributed by atoms with Gasteiger partial charge >= 0.3 is 6.03 Å². The molecule has 0 fully saturated rings. The van der Waals surface area contributed by atoms with Crippen LogP contribution in [-0.2, 0) is 7.05 Å². The van der Waals surface area contributed by atoms with Gasteiger partial charge < -0.3 is 15.2 Å². The Labute approximate surface area is 125 Å². The molecule has 5 nitrogen and oxygen atoms in total. The molecule has 0 aliphatic heterocycles. The summed E-state index contributed by atoms with van der Waals surface area (Å²) in [6.45, 7) is 2.01. The Balaban J connectivity index is 2.74. The van der Waals surface area contributed by atoms with Gasteiger partial charge in [-0.1, -0.05) is 6.92 Å². The highest BCUT2D eigenvalue weighted by molar-refractivity contribution is 9.10. The summed E-state index contributed by atoms with van der Waals surface area (Å²) < 4.78 is 2.15. The van der Waals surface area contributed by atoms with E-state index in [1.165, 1.54) is 4.57 Å². The molecule has 0 aromatic carbocycles. The third kappa shape index (κ3) is 4.91. The minimum absolute atomic E-state index is 0.103. The minimum Gasteiger partial charge on any atom is -0.334 e. The number of nitrogens with zero attached hydrogens (tertiary/aromatic N) is 1. The maximum absolute atomic E-state index is 11.8. The van der Waals surface area contributed by atoms with Gasteiger partial charge in [-0.25, -0.2) is 4.79 Å². The predicted octanol–water partition coefficient (Wildman–Crippen LogP) is 2.41. The highest BCUT2D eigenvalue weighted by Crippen LogP contribution is 2.11. The van der Waals surface area contributed by atoms with E-state index in [9.17, 15) is 9.59 Å². The Kier molecular flexibility index (Phi) is 6.44. The highest BCUT2D eigenvalue weighted by atomic mass is 79.9. The van der Waals surface area contributed by atoms with E-state index >= 15 is 0 Å². The number of carbonyl (C=O) groups excluding carboxylic acids is 1. The van der Waals surface area contributed by atoms with Crippen LogP contribution in [0.15, 0.2) is 21.5 Å². The van der Waals surface area contributed by atoms with E-state index in [-0.39, 0.29) is 23.3 Å².